The number of nitrogens with zero attached hydrogens (tertiary/aromatic N) is 1. The fourth-order valence-corrected chi connectivity index (χ4v) is 3.53. The number of halogens is 1. The second-order valence-electron chi connectivity index (χ2n) is 5.23. The first kappa shape index (κ1) is 9.68. The van der Waals surface area contributed by atoms with Crippen LogP contribution in [0.4, 0.5) is 0 Å². The highest BCUT2D eigenvalue weighted by molar-refractivity contribution is 6.31. The Morgan fingerprint density at radius 3 is 2.73 bits per heavy atom. The Morgan fingerprint density at radius 2 is 2.07 bits per heavy atom. The quantitative estimate of drug-likeness (QED) is 0.651. The van der Waals surface area contributed by atoms with Gasteiger partial charge in [0.25, 0.3) is 0 Å². The second kappa shape index (κ2) is 2.99. The monoisotopic (exact) mass is 221 g/mol. The minimum atomic E-state index is 0.410. The van der Waals surface area contributed by atoms with E-state index >= 15 is 0 Å². The lowest BCUT2D eigenvalue weighted by molar-refractivity contribution is 0.271. The Kier molecular flexibility index (Phi) is 1.93. The van der Waals surface area contributed by atoms with Gasteiger partial charge in [0.05, 0.1) is 0 Å². The van der Waals surface area contributed by atoms with E-state index in [2.05, 4.69) is 31.0 Å². The molecule has 2 aliphatic rings. The van der Waals surface area contributed by atoms with Gasteiger partial charge in [-0.05, 0) is 49.6 Å². The third kappa shape index (κ3) is 1.41. The summed E-state index contributed by atoms with van der Waals surface area (Å²) in [6.45, 7) is 4.36. The summed E-state index contributed by atoms with van der Waals surface area (Å²) in [5, 5.41) is 0.996. The topological polar surface area (TPSA) is 3.24 Å². The molecule has 0 N–H and O–H groups in total. The molecule has 1 aromatic rings. The van der Waals surface area contributed by atoms with Crippen LogP contribution in [0.1, 0.15) is 29.5 Å². The summed E-state index contributed by atoms with van der Waals surface area (Å²) in [4.78, 5) is 2.42. The van der Waals surface area contributed by atoms with E-state index in [1.165, 1.54) is 36.1 Å². The van der Waals surface area contributed by atoms with Gasteiger partial charge in [0.15, 0.2) is 0 Å². The van der Waals surface area contributed by atoms with Crippen LogP contribution in [0.25, 0.3) is 0 Å². The number of hydrogen-bond donors (Lipinski definition) is 0. The van der Waals surface area contributed by atoms with Crippen LogP contribution >= 0.6 is 11.6 Å². The highest BCUT2D eigenvalue weighted by Crippen LogP contribution is 2.54. The van der Waals surface area contributed by atoms with Crippen LogP contribution in [0.2, 0.25) is 5.02 Å². The van der Waals surface area contributed by atoms with Gasteiger partial charge in [-0.3, -0.25) is 0 Å². The number of likely N-dealkylation sites (N-methyl/N-ethyl adjacent to an activating group) is 1. The third-order valence-electron chi connectivity index (χ3n) is 3.71. The molecule has 1 fully saturated rings. The van der Waals surface area contributed by atoms with E-state index in [0.717, 1.165) is 11.6 Å². The normalized spacial score (nSPS) is 22.9. The average Bonchev–Trinajstić information content (AvgIpc) is 2.81. The molecule has 80 valence electrons. The van der Waals surface area contributed by atoms with Gasteiger partial charge in [-0.2, -0.15) is 0 Å². The highest BCUT2D eigenvalue weighted by Gasteiger charge is 2.49. The summed E-state index contributed by atoms with van der Waals surface area (Å²) in [5.74, 6) is 0. The number of rotatable bonds is 0. The van der Waals surface area contributed by atoms with Crippen molar-refractivity contribution in [2.24, 2.45) is 0 Å². The van der Waals surface area contributed by atoms with E-state index in [1.807, 2.05) is 0 Å². The van der Waals surface area contributed by atoms with Crippen molar-refractivity contribution < 1.29 is 0 Å². The van der Waals surface area contributed by atoms with Crippen molar-refractivity contribution >= 4 is 11.6 Å². The van der Waals surface area contributed by atoms with Gasteiger partial charge in [-0.15, -0.1) is 0 Å². The minimum Gasteiger partial charge on any atom is -0.301 e. The van der Waals surface area contributed by atoms with Crippen LogP contribution in [-0.4, -0.2) is 18.5 Å². The standard InChI is InChI=1S/C13H16ClN/c1-9-5-10-7-15(2)8-13(3-4-13)12(10)11(14)6-9/h5-6H,3-4,7-8H2,1-2H3. The zero-order valence-corrected chi connectivity index (χ0v) is 10.1. The molecule has 0 unspecified atom stereocenters. The Morgan fingerprint density at radius 1 is 1.33 bits per heavy atom. The van der Waals surface area contributed by atoms with Crippen LogP contribution in [-0.2, 0) is 12.0 Å². The smallest absolute Gasteiger partial charge is 0.0450 e. The number of benzene rings is 1. The molecule has 3 rings (SSSR count). The summed E-state index contributed by atoms with van der Waals surface area (Å²) in [6.07, 6.45) is 2.63. The van der Waals surface area contributed by atoms with Crippen LogP contribution in [0, 0.1) is 6.92 Å². The second-order valence-corrected chi connectivity index (χ2v) is 5.64. The van der Waals surface area contributed by atoms with Crippen molar-refractivity contribution in [2.75, 3.05) is 13.6 Å². The largest absolute Gasteiger partial charge is 0.301 e. The number of fused-ring (bicyclic) bond motifs is 2. The molecule has 1 heterocycles. The molecule has 0 radical (unpaired) electrons. The van der Waals surface area contributed by atoms with E-state index in [0.29, 0.717) is 5.41 Å². The maximum Gasteiger partial charge on any atom is 0.0450 e. The van der Waals surface area contributed by atoms with Crippen LogP contribution in [0.5, 0.6) is 0 Å². The van der Waals surface area contributed by atoms with Crippen LogP contribution < -0.4 is 0 Å². The summed E-state index contributed by atoms with van der Waals surface area (Å²) in [5.41, 5.74) is 4.59. The van der Waals surface area contributed by atoms with E-state index in [4.69, 9.17) is 11.6 Å². The van der Waals surface area contributed by atoms with Crippen molar-refractivity contribution in [3.63, 3.8) is 0 Å². The van der Waals surface area contributed by atoms with Gasteiger partial charge in [0.1, 0.15) is 0 Å². The fourth-order valence-electron chi connectivity index (χ4n) is 3.03. The zero-order chi connectivity index (χ0) is 10.6. The Bertz CT molecular complexity index is 421. The summed E-state index contributed by atoms with van der Waals surface area (Å²) >= 11 is 6.40. The molecule has 15 heavy (non-hydrogen) atoms. The number of hydrogen-bond acceptors (Lipinski definition) is 1. The van der Waals surface area contributed by atoms with Crippen molar-refractivity contribution in [2.45, 2.75) is 31.7 Å². The Labute approximate surface area is 96.0 Å². The summed E-state index contributed by atoms with van der Waals surface area (Å²) in [6, 6.07) is 4.42. The predicted molar refractivity (Wildman–Crippen MR) is 63.4 cm³/mol. The summed E-state index contributed by atoms with van der Waals surface area (Å²) < 4.78 is 0. The van der Waals surface area contributed by atoms with Crippen LogP contribution in [0.15, 0.2) is 12.1 Å². The molecule has 2 heteroatoms. The molecule has 1 aliphatic carbocycles. The maximum absolute atomic E-state index is 6.40. The van der Waals surface area contributed by atoms with Crippen LogP contribution in [0.3, 0.4) is 0 Å². The molecule has 1 aromatic carbocycles. The zero-order valence-electron chi connectivity index (χ0n) is 9.31. The van der Waals surface area contributed by atoms with Gasteiger partial charge in [0.2, 0.25) is 0 Å². The molecule has 0 bridgehead atoms. The lowest BCUT2D eigenvalue weighted by atomic mass is 9.86. The summed E-state index contributed by atoms with van der Waals surface area (Å²) in [7, 11) is 2.21. The molecule has 0 aromatic heterocycles. The van der Waals surface area contributed by atoms with E-state index in [9.17, 15) is 0 Å². The van der Waals surface area contributed by atoms with E-state index < -0.39 is 0 Å². The molecular formula is C13H16ClN. The molecule has 1 aliphatic heterocycles. The number of aryl methyl sites for hydroxylation is 1. The Hall–Kier alpha value is -0.530. The van der Waals surface area contributed by atoms with Crippen molar-refractivity contribution in [3.8, 4) is 0 Å². The molecular weight excluding hydrogens is 206 g/mol. The predicted octanol–water partition coefficient (Wildman–Crippen LogP) is 3.13. The van der Waals surface area contributed by atoms with Gasteiger partial charge < -0.3 is 4.90 Å². The molecule has 0 amide bonds. The lowest BCUT2D eigenvalue weighted by Gasteiger charge is -2.33. The third-order valence-corrected chi connectivity index (χ3v) is 4.01. The fraction of sp³-hybridized carbons (Fsp3) is 0.538. The van der Waals surface area contributed by atoms with E-state index in [1.54, 1.807) is 0 Å². The lowest BCUT2D eigenvalue weighted by Crippen LogP contribution is -2.35. The molecule has 1 spiro atoms. The van der Waals surface area contributed by atoms with Crippen molar-refractivity contribution in [1.29, 1.82) is 0 Å². The SMILES string of the molecule is Cc1cc(Cl)c2c(c1)CN(C)CC21CC1. The Balaban J connectivity index is 2.19. The van der Waals surface area contributed by atoms with E-state index in [-0.39, 0.29) is 0 Å². The van der Waals surface area contributed by atoms with Gasteiger partial charge in [0, 0.05) is 23.5 Å². The maximum atomic E-state index is 6.40. The van der Waals surface area contributed by atoms with Gasteiger partial charge >= 0.3 is 0 Å². The first-order valence-electron chi connectivity index (χ1n) is 5.59. The first-order chi connectivity index (χ1) is 7.11. The minimum absolute atomic E-state index is 0.410. The molecule has 1 saturated carbocycles. The van der Waals surface area contributed by atoms with Gasteiger partial charge in [-0.1, -0.05) is 17.7 Å². The molecule has 0 atom stereocenters. The first-order valence-corrected chi connectivity index (χ1v) is 5.97. The molecule has 1 nitrogen and oxygen atoms in total. The van der Waals surface area contributed by atoms with Crippen molar-refractivity contribution in [1.82, 2.24) is 4.90 Å². The van der Waals surface area contributed by atoms with Gasteiger partial charge in [-0.25, -0.2) is 0 Å². The molecule has 0 saturated heterocycles. The average molecular weight is 222 g/mol. The van der Waals surface area contributed by atoms with Crippen molar-refractivity contribution in [3.05, 3.63) is 33.8 Å². The highest BCUT2D eigenvalue weighted by atomic mass is 35.5.